The minimum Gasteiger partial charge on any atom is -0.499 e. The summed E-state index contributed by atoms with van der Waals surface area (Å²) in [6.07, 6.45) is 5.70. The van der Waals surface area contributed by atoms with Crippen molar-refractivity contribution in [3.8, 4) is 5.75 Å². The summed E-state index contributed by atoms with van der Waals surface area (Å²) in [5.41, 5.74) is 1.38. The van der Waals surface area contributed by atoms with Gasteiger partial charge in [-0.2, -0.15) is 0 Å². The van der Waals surface area contributed by atoms with Gasteiger partial charge in [-0.1, -0.05) is 6.92 Å². The van der Waals surface area contributed by atoms with E-state index >= 15 is 0 Å². The van der Waals surface area contributed by atoms with Crippen molar-refractivity contribution < 1.29 is 19.1 Å². The van der Waals surface area contributed by atoms with E-state index in [1.807, 2.05) is 45.0 Å². The average molecular weight is 370 g/mol. The number of ether oxygens (including phenoxy) is 2. The van der Waals surface area contributed by atoms with Crippen molar-refractivity contribution in [2.75, 3.05) is 13.7 Å². The van der Waals surface area contributed by atoms with Crippen LogP contribution in [0.1, 0.15) is 62.4 Å². The average Bonchev–Trinajstić information content (AvgIpc) is 2.95. The van der Waals surface area contributed by atoms with Gasteiger partial charge in [-0.05, 0) is 75.3 Å². The largest absolute Gasteiger partial charge is 0.499 e. The second-order valence-corrected chi connectivity index (χ2v) is 7.97. The third kappa shape index (κ3) is 3.67. The summed E-state index contributed by atoms with van der Waals surface area (Å²) in [7, 11) is 1.64. The van der Waals surface area contributed by atoms with Crippen LogP contribution in [-0.2, 0) is 16.0 Å². The highest BCUT2D eigenvalue weighted by Gasteiger charge is 2.50. The molecule has 0 bridgehead atoms. The van der Waals surface area contributed by atoms with Gasteiger partial charge in [0.1, 0.15) is 11.5 Å². The molecule has 0 spiro atoms. The second-order valence-electron chi connectivity index (χ2n) is 7.97. The Bertz CT molecular complexity index is 764. The van der Waals surface area contributed by atoms with Crippen LogP contribution in [0.15, 0.2) is 30.0 Å². The maximum atomic E-state index is 13.2. The van der Waals surface area contributed by atoms with E-state index in [0.29, 0.717) is 19.4 Å². The Morgan fingerprint density at radius 3 is 2.74 bits per heavy atom. The van der Waals surface area contributed by atoms with Crippen LogP contribution < -0.4 is 4.74 Å². The van der Waals surface area contributed by atoms with Gasteiger partial charge in [-0.15, -0.1) is 0 Å². The fraction of sp³-hybridized carbons (Fsp3) is 0.565. The first-order valence-corrected chi connectivity index (χ1v) is 9.94. The van der Waals surface area contributed by atoms with Crippen LogP contribution in [-0.4, -0.2) is 25.3 Å². The summed E-state index contributed by atoms with van der Waals surface area (Å²) in [5.74, 6) is 2.13. The molecule has 1 unspecified atom stereocenters. The maximum Gasteiger partial charge on any atom is 0.166 e. The first-order valence-electron chi connectivity index (χ1n) is 9.94. The molecule has 0 N–H and O–H groups in total. The fourth-order valence-electron chi connectivity index (χ4n) is 4.82. The van der Waals surface area contributed by atoms with Crippen molar-refractivity contribution in [3.63, 3.8) is 0 Å². The van der Waals surface area contributed by atoms with Gasteiger partial charge in [0.15, 0.2) is 5.78 Å². The minimum absolute atomic E-state index is 0.0804. The second kappa shape index (κ2) is 7.87. The van der Waals surface area contributed by atoms with Crippen molar-refractivity contribution >= 4 is 11.6 Å². The molecule has 3 atom stereocenters. The van der Waals surface area contributed by atoms with Crippen molar-refractivity contribution in [2.24, 2.45) is 17.3 Å². The highest BCUT2D eigenvalue weighted by Crippen LogP contribution is 2.50. The van der Waals surface area contributed by atoms with E-state index in [0.717, 1.165) is 41.9 Å². The fourth-order valence-corrected chi connectivity index (χ4v) is 4.82. The minimum atomic E-state index is -0.483. The first-order chi connectivity index (χ1) is 12.9. The Labute approximate surface area is 161 Å². The zero-order valence-electron chi connectivity index (χ0n) is 16.8. The number of ketones is 2. The molecule has 2 aliphatic rings. The van der Waals surface area contributed by atoms with Gasteiger partial charge < -0.3 is 9.47 Å². The number of fused-ring (bicyclic) bond motifs is 1. The summed E-state index contributed by atoms with van der Waals surface area (Å²) in [6, 6.07) is 5.71. The lowest BCUT2D eigenvalue weighted by Gasteiger charge is -2.37. The third-order valence-electron chi connectivity index (χ3n) is 6.45. The first kappa shape index (κ1) is 19.7. The van der Waals surface area contributed by atoms with E-state index in [-0.39, 0.29) is 23.4 Å². The number of rotatable bonds is 6. The number of hydrogen-bond donors (Lipinski definition) is 0. The summed E-state index contributed by atoms with van der Waals surface area (Å²) < 4.78 is 10.8. The number of hydrogen-bond acceptors (Lipinski definition) is 4. The maximum absolute atomic E-state index is 13.2. The summed E-state index contributed by atoms with van der Waals surface area (Å²) in [5, 5.41) is 0. The highest BCUT2D eigenvalue weighted by atomic mass is 16.5. The molecule has 4 heteroatoms. The lowest BCUT2D eigenvalue weighted by molar-refractivity contribution is -0.126. The van der Waals surface area contributed by atoms with Crippen LogP contribution >= 0.6 is 0 Å². The van der Waals surface area contributed by atoms with Gasteiger partial charge in [-0.25, -0.2) is 0 Å². The number of aryl methyl sites for hydroxylation is 1. The molecule has 1 aromatic rings. The SMILES string of the molecule is CCO/C(C)=C\C[C@]1(C)C(=O)CC[C@H]1C1CCc2cc(OC)ccc2C1=O. The Morgan fingerprint density at radius 2 is 2.04 bits per heavy atom. The van der Waals surface area contributed by atoms with E-state index in [1.165, 1.54) is 0 Å². The lowest BCUT2D eigenvalue weighted by Crippen LogP contribution is -2.38. The molecule has 0 saturated heterocycles. The molecule has 0 amide bonds. The molecule has 1 aromatic carbocycles. The monoisotopic (exact) mass is 370 g/mol. The standard InChI is InChI=1S/C23H30O4/c1-5-27-15(2)12-13-23(3)20(10-11-21(23)24)19-8-6-16-14-17(26-4)7-9-18(16)22(19)25/h7,9,12,14,19-20H,5-6,8,10-11,13H2,1-4H3/b15-12-/t19?,20-,23-/m0/s1. The Kier molecular flexibility index (Phi) is 5.73. The predicted molar refractivity (Wildman–Crippen MR) is 105 cm³/mol. The van der Waals surface area contributed by atoms with Crippen molar-refractivity contribution in [1.29, 1.82) is 0 Å². The van der Waals surface area contributed by atoms with Crippen LogP contribution in [0, 0.1) is 17.3 Å². The van der Waals surface area contributed by atoms with Gasteiger partial charge in [0, 0.05) is 23.3 Å². The van der Waals surface area contributed by atoms with Crippen molar-refractivity contribution in [1.82, 2.24) is 0 Å². The van der Waals surface area contributed by atoms with Crippen LogP contribution in [0.4, 0.5) is 0 Å². The van der Waals surface area contributed by atoms with Crippen molar-refractivity contribution in [2.45, 2.75) is 52.9 Å². The molecule has 27 heavy (non-hydrogen) atoms. The van der Waals surface area contributed by atoms with E-state index < -0.39 is 5.41 Å². The topological polar surface area (TPSA) is 52.6 Å². The zero-order valence-corrected chi connectivity index (χ0v) is 16.8. The molecular weight excluding hydrogens is 340 g/mol. The molecule has 1 saturated carbocycles. The Balaban J connectivity index is 1.85. The molecule has 146 valence electrons. The molecule has 0 heterocycles. The van der Waals surface area contributed by atoms with E-state index in [1.54, 1.807) is 7.11 Å². The summed E-state index contributed by atoms with van der Waals surface area (Å²) in [6.45, 7) is 6.55. The molecule has 3 rings (SSSR count). The summed E-state index contributed by atoms with van der Waals surface area (Å²) >= 11 is 0. The number of Topliss-reactive ketones (excluding diaryl/α,β-unsaturated/α-hetero) is 2. The number of carbonyl (C=O) groups is 2. The number of carbonyl (C=O) groups excluding carboxylic acids is 2. The van der Waals surface area contributed by atoms with Gasteiger partial charge in [0.25, 0.3) is 0 Å². The molecule has 2 aliphatic carbocycles. The molecule has 0 radical (unpaired) electrons. The van der Waals surface area contributed by atoms with Gasteiger partial charge in [0.05, 0.1) is 19.5 Å². The molecule has 0 aromatic heterocycles. The molecular formula is C23H30O4. The van der Waals surface area contributed by atoms with Gasteiger partial charge in [0.2, 0.25) is 0 Å². The molecule has 4 nitrogen and oxygen atoms in total. The smallest absolute Gasteiger partial charge is 0.166 e. The summed E-state index contributed by atoms with van der Waals surface area (Å²) in [4.78, 5) is 26.0. The van der Waals surface area contributed by atoms with Crippen molar-refractivity contribution in [3.05, 3.63) is 41.2 Å². The van der Waals surface area contributed by atoms with E-state index in [2.05, 4.69) is 0 Å². The quantitative estimate of drug-likeness (QED) is 0.678. The van der Waals surface area contributed by atoms with E-state index in [9.17, 15) is 9.59 Å². The predicted octanol–water partition coefficient (Wildman–Crippen LogP) is 4.76. The van der Waals surface area contributed by atoms with Crippen LogP contribution in [0.2, 0.25) is 0 Å². The molecule has 1 fully saturated rings. The Morgan fingerprint density at radius 1 is 1.26 bits per heavy atom. The van der Waals surface area contributed by atoms with Crippen LogP contribution in [0.3, 0.4) is 0 Å². The number of benzene rings is 1. The highest BCUT2D eigenvalue weighted by molar-refractivity contribution is 6.01. The third-order valence-corrected chi connectivity index (χ3v) is 6.45. The van der Waals surface area contributed by atoms with Gasteiger partial charge >= 0.3 is 0 Å². The Hall–Kier alpha value is -2.10. The number of methoxy groups -OCH3 is 1. The zero-order chi connectivity index (χ0) is 19.6. The van der Waals surface area contributed by atoms with Crippen LogP contribution in [0.25, 0.3) is 0 Å². The number of allylic oxidation sites excluding steroid dienone is 2. The van der Waals surface area contributed by atoms with Crippen LogP contribution in [0.5, 0.6) is 5.75 Å². The lowest BCUT2D eigenvalue weighted by atomic mass is 9.65. The van der Waals surface area contributed by atoms with E-state index in [4.69, 9.17) is 9.47 Å². The normalized spacial score (nSPS) is 28.2. The molecule has 0 aliphatic heterocycles. The van der Waals surface area contributed by atoms with Gasteiger partial charge in [-0.3, -0.25) is 9.59 Å².